The van der Waals surface area contributed by atoms with Crippen molar-refractivity contribution in [2.75, 3.05) is 31.9 Å². The molecule has 2 rings (SSSR count). The largest absolute Gasteiger partial charge is 0.353 e. The van der Waals surface area contributed by atoms with Crippen LogP contribution in [-0.4, -0.2) is 56.6 Å². The zero-order valence-electron chi connectivity index (χ0n) is 13.5. The molecule has 7 heteroatoms. The van der Waals surface area contributed by atoms with E-state index in [1.54, 1.807) is 11.2 Å². The van der Waals surface area contributed by atoms with E-state index in [9.17, 15) is 13.2 Å². The van der Waals surface area contributed by atoms with E-state index >= 15 is 0 Å². The van der Waals surface area contributed by atoms with Crippen LogP contribution in [0.3, 0.4) is 0 Å². The molecule has 2 saturated heterocycles. The molecule has 128 valence electrons. The fourth-order valence-electron chi connectivity index (χ4n) is 3.27. The highest BCUT2D eigenvalue weighted by Crippen LogP contribution is 2.18. The first-order chi connectivity index (χ1) is 10.5. The highest BCUT2D eigenvalue weighted by atomic mass is 32.2. The summed E-state index contributed by atoms with van der Waals surface area (Å²) in [5.74, 6) is 0.944. The van der Waals surface area contributed by atoms with Gasteiger partial charge in [0.15, 0.2) is 0 Å². The Bertz CT molecular complexity index is 453. The van der Waals surface area contributed by atoms with E-state index in [1.165, 1.54) is 12.8 Å². The number of piperidine rings is 2. The van der Waals surface area contributed by atoms with Crippen LogP contribution < -0.4 is 10.6 Å². The van der Waals surface area contributed by atoms with Crippen LogP contribution in [0, 0.1) is 5.92 Å². The van der Waals surface area contributed by atoms with Gasteiger partial charge in [0, 0.05) is 25.6 Å². The minimum absolute atomic E-state index is 0.121. The summed E-state index contributed by atoms with van der Waals surface area (Å²) in [4.78, 5) is 12.0. The summed E-state index contributed by atoms with van der Waals surface area (Å²) < 4.78 is 25.1. The number of nitrogens with zero attached hydrogens (tertiary/aromatic N) is 1. The van der Waals surface area contributed by atoms with Crippen molar-refractivity contribution in [3.63, 3.8) is 0 Å². The third-order valence-corrected chi connectivity index (χ3v) is 6.70. The van der Waals surface area contributed by atoms with Crippen molar-refractivity contribution in [1.82, 2.24) is 14.9 Å². The van der Waals surface area contributed by atoms with E-state index in [-0.39, 0.29) is 17.7 Å². The number of carbonyl (C=O) groups excluding carboxylic acids is 1. The highest BCUT2D eigenvalue weighted by Gasteiger charge is 2.27. The van der Waals surface area contributed by atoms with E-state index < -0.39 is 10.0 Å². The van der Waals surface area contributed by atoms with Crippen LogP contribution in [0.4, 0.5) is 0 Å². The molecule has 22 heavy (non-hydrogen) atoms. The zero-order valence-corrected chi connectivity index (χ0v) is 14.3. The first kappa shape index (κ1) is 17.7. The molecule has 2 heterocycles. The van der Waals surface area contributed by atoms with Gasteiger partial charge in [-0.05, 0) is 58.0 Å². The molecule has 6 nitrogen and oxygen atoms in total. The summed E-state index contributed by atoms with van der Waals surface area (Å²) in [5.41, 5.74) is 0. The van der Waals surface area contributed by atoms with Gasteiger partial charge in [-0.25, -0.2) is 12.7 Å². The van der Waals surface area contributed by atoms with E-state index in [4.69, 9.17) is 0 Å². The molecule has 0 aromatic heterocycles. The van der Waals surface area contributed by atoms with Gasteiger partial charge < -0.3 is 10.6 Å². The van der Waals surface area contributed by atoms with Crippen molar-refractivity contribution in [1.29, 1.82) is 0 Å². The average Bonchev–Trinajstić information content (AvgIpc) is 2.54. The van der Waals surface area contributed by atoms with Crippen LogP contribution in [0.2, 0.25) is 0 Å². The lowest BCUT2D eigenvalue weighted by atomic mass is 9.93. The molecule has 0 radical (unpaired) electrons. The van der Waals surface area contributed by atoms with E-state index in [2.05, 4.69) is 10.6 Å². The van der Waals surface area contributed by atoms with Crippen LogP contribution in [0.5, 0.6) is 0 Å². The zero-order chi connectivity index (χ0) is 16.0. The second kappa shape index (κ2) is 8.26. The second-order valence-corrected chi connectivity index (χ2v) is 8.63. The first-order valence-corrected chi connectivity index (χ1v) is 10.1. The Balaban J connectivity index is 1.66. The maximum absolute atomic E-state index is 12.0. The maximum Gasteiger partial charge on any atom is 0.220 e. The van der Waals surface area contributed by atoms with Crippen molar-refractivity contribution in [2.24, 2.45) is 5.92 Å². The van der Waals surface area contributed by atoms with Gasteiger partial charge in [-0.15, -0.1) is 0 Å². The van der Waals surface area contributed by atoms with E-state index in [0.29, 0.717) is 25.4 Å². The van der Waals surface area contributed by atoms with Gasteiger partial charge >= 0.3 is 0 Å². The van der Waals surface area contributed by atoms with E-state index in [0.717, 1.165) is 32.4 Å². The fourth-order valence-corrected chi connectivity index (χ4v) is 4.40. The molecule has 0 bridgehead atoms. The number of carbonyl (C=O) groups is 1. The Kier molecular flexibility index (Phi) is 6.65. The normalized spacial score (nSPS) is 22.6. The summed E-state index contributed by atoms with van der Waals surface area (Å²) in [7, 11) is -3.08. The number of rotatable bonds is 6. The topological polar surface area (TPSA) is 78.5 Å². The predicted molar refractivity (Wildman–Crippen MR) is 87.0 cm³/mol. The molecule has 1 amide bonds. The molecule has 2 N–H and O–H groups in total. The van der Waals surface area contributed by atoms with Crippen LogP contribution in [0.15, 0.2) is 0 Å². The van der Waals surface area contributed by atoms with E-state index in [1.807, 2.05) is 0 Å². The number of sulfonamides is 1. The molecular weight excluding hydrogens is 302 g/mol. The molecule has 2 fully saturated rings. The molecule has 0 spiro atoms. The quantitative estimate of drug-likeness (QED) is 0.751. The average molecular weight is 331 g/mol. The number of hydrogen-bond donors (Lipinski definition) is 2. The smallest absolute Gasteiger partial charge is 0.220 e. The van der Waals surface area contributed by atoms with Crippen LogP contribution >= 0.6 is 0 Å². The molecule has 2 aliphatic heterocycles. The first-order valence-electron chi connectivity index (χ1n) is 8.49. The molecular formula is C15H29N3O3S. The summed E-state index contributed by atoms with van der Waals surface area (Å²) in [5, 5.41) is 6.41. The maximum atomic E-state index is 12.0. The molecule has 0 unspecified atom stereocenters. The monoisotopic (exact) mass is 331 g/mol. The summed E-state index contributed by atoms with van der Waals surface area (Å²) >= 11 is 0. The number of hydrogen-bond acceptors (Lipinski definition) is 4. The van der Waals surface area contributed by atoms with Gasteiger partial charge in [0.05, 0.1) is 5.75 Å². The Morgan fingerprint density at radius 1 is 1.18 bits per heavy atom. The number of amides is 1. The molecule has 0 aromatic carbocycles. The Morgan fingerprint density at radius 2 is 1.82 bits per heavy atom. The minimum Gasteiger partial charge on any atom is -0.353 e. The Morgan fingerprint density at radius 3 is 2.41 bits per heavy atom. The van der Waals surface area contributed by atoms with Crippen molar-refractivity contribution < 1.29 is 13.2 Å². The second-order valence-electron chi connectivity index (χ2n) is 6.37. The predicted octanol–water partition coefficient (Wildman–Crippen LogP) is 0.697. The van der Waals surface area contributed by atoms with Crippen molar-refractivity contribution in [2.45, 2.75) is 51.5 Å². The molecule has 0 aliphatic carbocycles. The Labute approximate surface area is 134 Å². The van der Waals surface area contributed by atoms with Crippen LogP contribution in [-0.2, 0) is 14.8 Å². The van der Waals surface area contributed by atoms with Crippen LogP contribution in [0.1, 0.15) is 45.4 Å². The standard InChI is InChI=1S/C15H29N3O3S/c1-2-22(20,21)18-11-7-14(8-12-18)17-15(19)4-3-13-5-9-16-10-6-13/h13-14,16H,2-12H2,1H3,(H,17,19). The fraction of sp³-hybridized carbons (Fsp3) is 0.933. The van der Waals surface area contributed by atoms with Gasteiger partial charge in [-0.1, -0.05) is 0 Å². The van der Waals surface area contributed by atoms with Crippen molar-refractivity contribution in [3.05, 3.63) is 0 Å². The van der Waals surface area contributed by atoms with Gasteiger partial charge in [0.1, 0.15) is 0 Å². The van der Waals surface area contributed by atoms with Gasteiger partial charge in [-0.3, -0.25) is 4.79 Å². The lowest BCUT2D eigenvalue weighted by Crippen LogP contribution is -2.46. The Hall–Kier alpha value is -0.660. The molecule has 0 atom stereocenters. The van der Waals surface area contributed by atoms with Gasteiger partial charge in [0.25, 0.3) is 0 Å². The van der Waals surface area contributed by atoms with Gasteiger partial charge in [-0.2, -0.15) is 0 Å². The lowest BCUT2D eigenvalue weighted by molar-refractivity contribution is -0.122. The summed E-state index contributed by atoms with van der Waals surface area (Å²) in [6, 6.07) is 0.129. The summed E-state index contributed by atoms with van der Waals surface area (Å²) in [6.07, 6.45) is 5.34. The molecule has 2 aliphatic rings. The third-order valence-electron chi connectivity index (χ3n) is 4.82. The SMILES string of the molecule is CCS(=O)(=O)N1CCC(NC(=O)CCC2CCNCC2)CC1. The lowest BCUT2D eigenvalue weighted by Gasteiger charge is -2.31. The van der Waals surface area contributed by atoms with Crippen molar-refractivity contribution >= 4 is 15.9 Å². The highest BCUT2D eigenvalue weighted by molar-refractivity contribution is 7.89. The molecule has 0 aromatic rings. The van der Waals surface area contributed by atoms with Crippen LogP contribution in [0.25, 0.3) is 0 Å². The number of nitrogens with one attached hydrogen (secondary N) is 2. The van der Waals surface area contributed by atoms with Crippen molar-refractivity contribution in [3.8, 4) is 0 Å². The summed E-state index contributed by atoms with van der Waals surface area (Å²) in [6.45, 7) is 4.85. The van der Waals surface area contributed by atoms with Gasteiger partial charge in [0.2, 0.25) is 15.9 Å². The minimum atomic E-state index is -3.08. The molecule has 0 saturated carbocycles. The third kappa shape index (κ3) is 5.21.